The summed E-state index contributed by atoms with van der Waals surface area (Å²) in [5.41, 5.74) is 7.25. The van der Waals surface area contributed by atoms with Gasteiger partial charge in [-0.3, -0.25) is 0 Å². The summed E-state index contributed by atoms with van der Waals surface area (Å²) in [5.74, 6) is 0. The van der Waals surface area contributed by atoms with Gasteiger partial charge in [-0.25, -0.2) is 0 Å². The Morgan fingerprint density at radius 3 is 2.35 bits per heavy atom. The lowest BCUT2D eigenvalue weighted by Gasteiger charge is -2.12. The van der Waals surface area contributed by atoms with E-state index in [2.05, 4.69) is 60.7 Å². The molecule has 3 aromatic rings. The molecule has 3 rings (SSSR count). The van der Waals surface area contributed by atoms with Crippen LogP contribution in [0.25, 0.3) is 10.8 Å². The first-order chi connectivity index (χ1) is 9.74. The van der Waals surface area contributed by atoms with Crippen molar-refractivity contribution in [2.24, 2.45) is 5.73 Å². The monoisotopic (exact) mass is 279 g/mol. The van der Waals surface area contributed by atoms with Crippen LogP contribution in [0.1, 0.15) is 18.5 Å². The molecule has 1 atom stereocenters. The molecule has 0 amide bonds. The minimum Gasteiger partial charge on any atom is -0.324 e. The van der Waals surface area contributed by atoms with Crippen molar-refractivity contribution in [1.82, 2.24) is 0 Å². The van der Waals surface area contributed by atoms with E-state index in [0.29, 0.717) is 0 Å². The van der Waals surface area contributed by atoms with E-state index in [1.807, 2.05) is 13.0 Å². The van der Waals surface area contributed by atoms with Gasteiger partial charge in [0.05, 0.1) is 0 Å². The second kappa shape index (κ2) is 5.70. The van der Waals surface area contributed by atoms with E-state index in [4.69, 9.17) is 5.73 Å². The Labute approximate surface area is 123 Å². The Morgan fingerprint density at radius 2 is 1.55 bits per heavy atom. The van der Waals surface area contributed by atoms with Gasteiger partial charge in [-0.1, -0.05) is 60.3 Å². The van der Waals surface area contributed by atoms with E-state index >= 15 is 0 Å². The predicted molar refractivity (Wildman–Crippen MR) is 87.1 cm³/mol. The van der Waals surface area contributed by atoms with Gasteiger partial charge < -0.3 is 5.73 Å². The third-order valence-corrected chi connectivity index (χ3v) is 4.44. The molecule has 1 nitrogen and oxygen atoms in total. The normalized spacial score (nSPS) is 12.5. The fraction of sp³-hybridized carbons (Fsp3) is 0.111. The van der Waals surface area contributed by atoms with E-state index < -0.39 is 0 Å². The van der Waals surface area contributed by atoms with E-state index in [9.17, 15) is 0 Å². The number of fused-ring (bicyclic) bond motifs is 1. The molecule has 0 fully saturated rings. The molecule has 2 N–H and O–H groups in total. The molecule has 1 unspecified atom stereocenters. The summed E-state index contributed by atoms with van der Waals surface area (Å²) in [6, 6.07) is 23.4. The molecule has 0 bridgehead atoms. The molecule has 0 aliphatic heterocycles. The minimum absolute atomic E-state index is 0.0548. The fourth-order valence-electron chi connectivity index (χ4n) is 2.31. The third kappa shape index (κ3) is 2.72. The van der Waals surface area contributed by atoms with Gasteiger partial charge in [0.25, 0.3) is 0 Å². The molecule has 0 saturated heterocycles. The average Bonchev–Trinajstić information content (AvgIpc) is 2.47. The zero-order chi connectivity index (χ0) is 13.9. The van der Waals surface area contributed by atoms with E-state index in [0.717, 1.165) is 0 Å². The van der Waals surface area contributed by atoms with Gasteiger partial charge in [0.15, 0.2) is 0 Å². The summed E-state index contributed by atoms with van der Waals surface area (Å²) >= 11 is 1.78. The van der Waals surface area contributed by atoms with Crippen molar-refractivity contribution >= 4 is 22.5 Å². The number of hydrogen-bond acceptors (Lipinski definition) is 2. The van der Waals surface area contributed by atoms with Crippen molar-refractivity contribution < 1.29 is 0 Å². The topological polar surface area (TPSA) is 26.0 Å². The zero-order valence-corrected chi connectivity index (χ0v) is 12.2. The SMILES string of the molecule is CC(N)c1ccccc1Sc1ccc2ccccc2c1. The van der Waals surface area contributed by atoms with Gasteiger partial charge in [0, 0.05) is 15.8 Å². The van der Waals surface area contributed by atoms with E-state index in [1.54, 1.807) is 11.8 Å². The Kier molecular flexibility index (Phi) is 3.77. The molecule has 0 heterocycles. The smallest absolute Gasteiger partial charge is 0.0277 e. The molecule has 0 saturated carbocycles. The molecular weight excluding hydrogens is 262 g/mol. The first kappa shape index (κ1) is 13.2. The molecule has 0 radical (unpaired) electrons. The Morgan fingerprint density at radius 1 is 0.850 bits per heavy atom. The summed E-state index contributed by atoms with van der Waals surface area (Å²) in [6.07, 6.45) is 0. The highest BCUT2D eigenvalue weighted by atomic mass is 32.2. The van der Waals surface area contributed by atoms with Crippen LogP contribution in [0.15, 0.2) is 76.5 Å². The second-order valence-electron chi connectivity index (χ2n) is 4.94. The van der Waals surface area contributed by atoms with Crippen LogP contribution < -0.4 is 5.73 Å². The van der Waals surface area contributed by atoms with Crippen LogP contribution in [0.5, 0.6) is 0 Å². The van der Waals surface area contributed by atoms with Gasteiger partial charge in [0.1, 0.15) is 0 Å². The zero-order valence-electron chi connectivity index (χ0n) is 11.4. The molecule has 20 heavy (non-hydrogen) atoms. The quantitative estimate of drug-likeness (QED) is 0.729. The summed E-state index contributed by atoms with van der Waals surface area (Å²) in [6.45, 7) is 2.03. The maximum Gasteiger partial charge on any atom is 0.0277 e. The van der Waals surface area contributed by atoms with Crippen molar-refractivity contribution in [3.05, 3.63) is 72.3 Å². The van der Waals surface area contributed by atoms with E-state index in [1.165, 1.54) is 26.1 Å². The number of hydrogen-bond donors (Lipinski definition) is 1. The lowest BCUT2D eigenvalue weighted by Crippen LogP contribution is -2.05. The maximum absolute atomic E-state index is 6.05. The van der Waals surface area contributed by atoms with Gasteiger partial charge in [-0.2, -0.15) is 0 Å². The van der Waals surface area contributed by atoms with Crippen LogP contribution in [0.3, 0.4) is 0 Å². The lowest BCUT2D eigenvalue weighted by molar-refractivity contribution is 0.797. The average molecular weight is 279 g/mol. The number of benzene rings is 3. The molecule has 3 aromatic carbocycles. The largest absolute Gasteiger partial charge is 0.324 e. The lowest BCUT2D eigenvalue weighted by atomic mass is 10.1. The fourth-order valence-corrected chi connectivity index (χ4v) is 3.40. The predicted octanol–water partition coefficient (Wildman–Crippen LogP) is 5.01. The van der Waals surface area contributed by atoms with Crippen LogP contribution in [-0.4, -0.2) is 0 Å². The number of rotatable bonds is 3. The molecule has 2 heteroatoms. The molecule has 100 valence electrons. The summed E-state index contributed by atoms with van der Waals surface area (Å²) in [5, 5.41) is 2.55. The van der Waals surface area contributed by atoms with Crippen LogP contribution in [0.4, 0.5) is 0 Å². The summed E-state index contributed by atoms with van der Waals surface area (Å²) in [4.78, 5) is 2.48. The Bertz CT molecular complexity index is 734. The third-order valence-electron chi connectivity index (χ3n) is 3.36. The van der Waals surface area contributed by atoms with Crippen LogP contribution in [-0.2, 0) is 0 Å². The summed E-state index contributed by atoms with van der Waals surface area (Å²) in [7, 11) is 0. The highest BCUT2D eigenvalue weighted by Crippen LogP contribution is 2.34. The van der Waals surface area contributed by atoms with Gasteiger partial charge >= 0.3 is 0 Å². The van der Waals surface area contributed by atoms with Crippen LogP contribution in [0.2, 0.25) is 0 Å². The maximum atomic E-state index is 6.05. The first-order valence-corrected chi connectivity index (χ1v) is 7.57. The first-order valence-electron chi connectivity index (χ1n) is 6.75. The van der Waals surface area contributed by atoms with Crippen molar-refractivity contribution in [3.8, 4) is 0 Å². The highest BCUT2D eigenvalue weighted by Gasteiger charge is 2.07. The molecule has 0 aliphatic rings. The van der Waals surface area contributed by atoms with Gasteiger partial charge in [-0.05, 0) is 41.5 Å². The second-order valence-corrected chi connectivity index (χ2v) is 6.05. The molecular formula is C18H17NS. The Hall–Kier alpha value is -1.77. The highest BCUT2D eigenvalue weighted by molar-refractivity contribution is 7.99. The molecule has 0 spiro atoms. The van der Waals surface area contributed by atoms with Gasteiger partial charge in [-0.15, -0.1) is 0 Å². The molecule has 0 aliphatic carbocycles. The number of nitrogens with two attached hydrogens (primary N) is 1. The minimum atomic E-state index is 0.0548. The van der Waals surface area contributed by atoms with E-state index in [-0.39, 0.29) is 6.04 Å². The van der Waals surface area contributed by atoms with Crippen LogP contribution in [0, 0.1) is 0 Å². The van der Waals surface area contributed by atoms with Crippen LogP contribution >= 0.6 is 11.8 Å². The van der Waals surface area contributed by atoms with Gasteiger partial charge in [0.2, 0.25) is 0 Å². The van der Waals surface area contributed by atoms with Crippen molar-refractivity contribution in [2.45, 2.75) is 22.8 Å². The van der Waals surface area contributed by atoms with Crippen molar-refractivity contribution in [1.29, 1.82) is 0 Å². The summed E-state index contributed by atoms with van der Waals surface area (Å²) < 4.78 is 0. The van der Waals surface area contributed by atoms with Crippen molar-refractivity contribution in [3.63, 3.8) is 0 Å². The molecule has 0 aromatic heterocycles. The van der Waals surface area contributed by atoms with Crippen molar-refractivity contribution in [2.75, 3.05) is 0 Å². The standard InChI is InChI=1S/C18H17NS/c1-13(19)17-8-4-5-9-18(17)20-16-11-10-14-6-2-3-7-15(14)12-16/h2-13H,19H2,1H3. The Balaban J connectivity index is 1.97.